The molecule has 4 rings (SSSR count). The van der Waals surface area contributed by atoms with Crippen molar-refractivity contribution in [3.8, 4) is 9.88 Å². The van der Waals surface area contributed by atoms with Crippen LogP contribution in [0.25, 0.3) is 9.88 Å². The van der Waals surface area contributed by atoms with Crippen molar-refractivity contribution in [2.75, 3.05) is 19.6 Å². The van der Waals surface area contributed by atoms with Gasteiger partial charge in [-0.1, -0.05) is 17.7 Å². The van der Waals surface area contributed by atoms with E-state index < -0.39 is 10.0 Å². The van der Waals surface area contributed by atoms with Gasteiger partial charge in [0.15, 0.2) is 0 Å². The van der Waals surface area contributed by atoms with Gasteiger partial charge in [-0.25, -0.2) is 13.4 Å². The number of carbonyl (C=O) groups excluding carboxylic acids is 1. The third kappa shape index (κ3) is 5.35. The fourth-order valence-electron chi connectivity index (χ4n) is 3.51. The normalized spacial score (nSPS) is 15.8. The van der Waals surface area contributed by atoms with E-state index in [9.17, 15) is 13.2 Å². The van der Waals surface area contributed by atoms with Gasteiger partial charge in [0.05, 0.1) is 15.5 Å². The van der Waals surface area contributed by atoms with Crippen molar-refractivity contribution in [3.63, 3.8) is 0 Å². The number of aromatic nitrogens is 1. The molecule has 1 aliphatic heterocycles. The molecule has 0 saturated carbocycles. The molecule has 1 aromatic carbocycles. The molecule has 0 aliphatic carbocycles. The summed E-state index contributed by atoms with van der Waals surface area (Å²) in [7, 11) is -3.56. The number of benzene rings is 1. The first-order chi connectivity index (χ1) is 14.9. The third-order valence-corrected chi connectivity index (χ3v) is 9.34. The molecule has 0 radical (unpaired) electrons. The first kappa shape index (κ1) is 22.4. The molecule has 1 saturated heterocycles. The smallest absolute Gasteiger partial charge is 0.243 e. The third-order valence-electron chi connectivity index (χ3n) is 5.24. The number of halogens is 1. The van der Waals surface area contributed by atoms with Crippen LogP contribution in [0, 0.1) is 5.92 Å². The van der Waals surface area contributed by atoms with Crippen LogP contribution in [0.2, 0.25) is 5.02 Å². The maximum absolute atomic E-state index is 12.8. The lowest BCUT2D eigenvalue weighted by molar-refractivity contribution is -0.126. The van der Waals surface area contributed by atoms with Crippen LogP contribution in [0.3, 0.4) is 0 Å². The molecule has 1 N–H and O–H groups in total. The zero-order chi connectivity index (χ0) is 21.8. The average Bonchev–Trinajstić information content (AvgIpc) is 3.46. The Kier molecular flexibility index (Phi) is 7.08. The predicted octanol–water partition coefficient (Wildman–Crippen LogP) is 4.28. The van der Waals surface area contributed by atoms with Crippen molar-refractivity contribution in [2.45, 2.75) is 24.2 Å². The van der Waals surface area contributed by atoms with E-state index >= 15 is 0 Å². The fraction of sp³-hybridized carbons (Fsp3) is 0.333. The lowest BCUT2D eigenvalue weighted by Gasteiger charge is -2.30. The SMILES string of the molecule is O=C(NCCc1csc(-c2cccs2)n1)C1CCN(S(=O)(=O)c2ccc(Cl)cc2)CC1. The van der Waals surface area contributed by atoms with Gasteiger partial charge in [-0.3, -0.25) is 4.79 Å². The van der Waals surface area contributed by atoms with Crippen LogP contribution < -0.4 is 5.32 Å². The number of nitrogens with one attached hydrogen (secondary N) is 1. The van der Waals surface area contributed by atoms with Crippen molar-refractivity contribution in [1.29, 1.82) is 0 Å². The molecule has 1 aliphatic rings. The first-order valence-corrected chi connectivity index (χ1v) is 13.5. The molecular formula is C21H22ClN3O3S3. The zero-order valence-electron chi connectivity index (χ0n) is 16.7. The Morgan fingerprint density at radius 1 is 1.16 bits per heavy atom. The molecule has 0 bridgehead atoms. The Morgan fingerprint density at radius 3 is 2.58 bits per heavy atom. The van der Waals surface area contributed by atoms with Crippen LogP contribution in [-0.4, -0.2) is 43.2 Å². The van der Waals surface area contributed by atoms with E-state index in [2.05, 4.69) is 16.4 Å². The molecule has 3 heterocycles. The van der Waals surface area contributed by atoms with Gasteiger partial charge in [0.2, 0.25) is 15.9 Å². The topological polar surface area (TPSA) is 79.4 Å². The summed E-state index contributed by atoms with van der Waals surface area (Å²) in [6, 6.07) is 10.2. The number of rotatable bonds is 7. The minimum Gasteiger partial charge on any atom is -0.355 e. The largest absolute Gasteiger partial charge is 0.355 e. The molecule has 3 aromatic rings. The van der Waals surface area contributed by atoms with Crippen molar-refractivity contribution >= 4 is 50.2 Å². The number of nitrogens with zero attached hydrogens (tertiary/aromatic N) is 2. The standard InChI is InChI=1S/C21H22ClN3O3S3/c22-16-3-5-18(6-4-16)31(27,28)25-11-8-15(9-12-25)20(26)23-10-7-17-14-30-21(24-17)19-2-1-13-29-19/h1-6,13-15H,7-12H2,(H,23,26). The Bertz CT molecular complexity index is 1120. The highest BCUT2D eigenvalue weighted by Gasteiger charge is 2.31. The molecule has 1 amide bonds. The fourth-order valence-corrected chi connectivity index (χ4v) is 6.77. The van der Waals surface area contributed by atoms with Crippen LogP contribution in [0.5, 0.6) is 0 Å². The molecule has 0 unspecified atom stereocenters. The van der Waals surface area contributed by atoms with Gasteiger partial charge in [-0.15, -0.1) is 22.7 Å². The second-order valence-corrected chi connectivity index (χ2v) is 11.5. The van der Waals surface area contributed by atoms with Crippen molar-refractivity contribution in [2.24, 2.45) is 5.92 Å². The average molecular weight is 496 g/mol. The van der Waals surface area contributed by atoms with Gasteiger partial charge < -0.3 is 5.32 Å². The Labute approximate surface area is 194 Å². The molecule has 164 valence electrons. The van der Waals surface area contributed by atoms with Crippen LogP contribution in [0.15, 0.2) is 52.1 Å². The second kappa shape index (κ2) is 9.79. The van der Waals surface area contributed by atoms with Crippen LogP contribution in [0.1, 0.15) is 18.5 Å². The minimum absolute atomic E-state index is 0.0164. The van der Waals surface area contributed by atoms with E-state index in [-0.39, 0.29) is 16.7 Å². The van der Waals surface area contributed by atoms with Gasteiger partial charge in [0, 0.05) is 42.4 Å². The van der Waals surface area contributed by atoms with E-state index in [1.165, 1.54) is 16.4 Å². The lowest BCUT2D eigenvalue weighted by Crippen LogP contribution is -2.43. The molecular weight excluding hydrogens is 474 g/mol. The maximum Gasteiger partial charge on any atom is 0.243 e. The molecule has 10 heteroatoms. The monoisotopic (exact) mass is 495 g/mol. The molecule has 0 spiro atoms. The summed E-state index contributed by atoms with van der Waals surface area (Å²) in [4.78, 5) is 18.5. The van der Waals surface area contributed by atoms with Gasteiger partial charge in [-0.05, 0) is 48.6 Å². The summed E-state index contributed by atoms with van der Waals surface area (Å²) in [6.45, 7) is 1.19. The van der Waals surface area contributed by atoms with Gasteiger partial charge in [0.25, 0.3) is 0 Å². The highest BCUT2D eigenvalue weighted by molar-refractivity contribution is 7.89. The van der Waals surface area contributed by atoms with Gasteiger partial charge in [-0.2, -0.15) is 4.31 Å². The number of amides is 1. The quantitative estimate of drug-likeness (QED) is 0.530. The zero-order valence-corrected chi connectivity index (χ0v) is 19.9. The van der Waals surface area contributed by atoms with Crippen molar-refractivity contribution < 1.29 is 13.2 Å². The van der Waals surface area contributed by atoms with E-state index in [1.807, 2.05) is 16.8 Å². The second-order valence-electron chi connectivity index (χ2n) is 7.29. The molecule has 6 nitrogen and oxygen atoms in total. The summed E-state index contributed by atoms with van der Waals surface area (Å²) in [5, 5.41) is 8.54. The van der Waals surface area contributed by atoms with Crippen LogP contribution >= 0.6 is 34.3 Å². The van der Waals surface area contributed by atoms with Crippen LogP contribution in [-0.2, 0) is 21.2 Å². The number of sulfonamides is 1. The van der Waals surface area contributed by atoms with E-state index in [1.54, 1.807) is 34.8 Å². The number of piperidine rings is 1. The summed E-state index contributed by atoms with van der Waals surface area (Å²) in [6.07, 6.45) is 1.70. The Balaban J connectivity index is 1.24. The summed E-state index contributed by atoms with van der Waals surface area (Å²) in [5.41, 5.74) is 0.970. The minimum atomic E-state index is -3.56. The van der Waals surface area contributed by atoms with E-state index in [0.717, 1.165) is 15.6 Å². The van der Waals surface area contributed by atoms with E-state index in [4.69, 9.17) is 11.6 Å². The number of hydrogen-bond donors (Lipinski definition) is 1. The Morgan fingerprint density at radius 2 is 1.90 bits per heavy atom. The number of thiazole rings is 1. The highest BCUT2D eigenvalue weighted by atomic mass is 35.5. The highest BCUT2D eigenvalue weighted by Crippen LogP contribution is 2.28. The molecule has 2 aromatic heterocycles. The Hall–Kier alpha value is -1.78. The van der Waals surface area contributed by atoms with Crippen molar-refractivity contribution in [1.82, 2.24) is 14.6 Å². The number of thiophene rings is 1. The summed E-state index contributed by atoms with van der Waals surface area (Å²) < 4.78 is 27.0. The first-order valence-electron chi connectivity index (χ1n) is 9.95. The summed E-state index contributed by atoms with van der Waals surface area (Å²) in [5.74, 6) is -0.189. The van der Waals surface area contributed by atoms with E-state index in [0.29, 0.717) is 43.9 Å². The van der Waals surface area contributed by atoms with Gasteiger partial charge in [0.1, 0.15) is 5.01 Å². The molecule has 0 atom stereocenters. The molecule has 31 heavy (non-hydrogen) atoms. The van der Waals surface area contributed by atoms with Crippen molar-refractivity contribution in [3.05, 3.63) is 57.9 Å². The van der Waals surface area contributed by atoms with Crippen LogP contribution in [0.4, 0.5) is 0 Å². The predicted molar refractivity (Wildman–Crippen MR) is 125 cm³/mol. The number of carbonyl (C=O) groups is 1. The van der Waals surface area contributed by atoms with Gasteiger partial charge >= 0.3 is 0 Å². The maximum atomic E-state index is 12.8. The lowest BCUT2D eigenvalue weighted by atomic mass is 9.97. The molecule has 1 fully saturated rings. The number of hydrogen-bond acceptors (Lipinski definition) is 6. The summed E-state index contributed by atoms with van der Waals surface area (Å²) >= 11 is 9.13.